The number of likely N-dealkylation sites (N-methyl/N-ethyl adjacent to an activating group) is 1. The molecule has 0 radical (unpaired) electrons. The van der Waals surface area contributed by atoms with E-state index in [4.69, 9.17) is 4.74 Å². The molecule has 0 bridgehead atoms. The molecule has 112 valence electrons. The van der Waals surface area contributed by atoms with Crippen molar-refractivity contribution in [3.63, 3.8) is 0 Å². The fraction of sp³-hybridized carbons (Fsp3) is 0.857. The number of ether oxygens (including phenoxy) is 1. The first kappa shape index (κ1) is 17.9. The van der Waals surface area contributed by atoms with Crippen molar-refractivity contribution in [2.24, 2.45) is 0 Å². The van der Waals surface area contributed by atoms with Crippen molar-refractivity contribution in [2.75, 3.05) is 40.3 Å². The lowest BCUT2D eigenvalue weighted by Crippen LogP contribution is -2.38. The Morgan fingerprint density at radius 2 is 1.68 bits per heavy atom. The van der Waals surface area contributed by atoms with Crippen molar-refractivity contribution < 1.29 is 14.3 Å². The number of nitrogens with zero attached hydrogens (tertiary/aromatic N) is 2. The van der Waals surface area contributed by atoms with Gasteiger partial charge in [-0.2, -0.15) is 0 Å². The minimum atomic E-state index is -0.236. The summed E-state index contributed by atoms with van der Waals surface area (Å²) in [7, 11) is 3.94. The summed E-state index contributed by atoms with van der Waals surface area (Å²) in [4.78, 5) is 27.2. The summed E-state index contributed by atoms with van der Waals surface area (Å²) >= 11 is 0. The van der Waals surface area contributed by atoms with E-state index in [9.17, 15) is 9.59 Å². The predicted molar refractivity (Wildman–Crippen MR) is 75.9 cm³/mol. The Balaban J connectivity index is 4.23. The van der Waals surface area contributed by atoms with Crippen molar-refractivity contribution in [1.29, 1.82) is 0 Å². The molecular formula is C14H28N2O3. The van der Waals surface area contributed by atoms with Gasteiger partial charge in [-0.1, -0.05) is 13.3 Å². The fourth-order valence-corrected chi connectivity index (χ4v) is 1.63. The van der Waals surface area contributed by atoms with Crippen LogP contribution in [-0.2, 0) is 14.3 Å². The molecule has 0 unspecified atom stereocenters. The van der Waals surface area contributed by atoms with Gasteiger partial charge in [-0.25, -0.2) is 0 Å². The molecule has 5 heteroatoms. The topological polar surface area (TPSA) is 49.9 Å². The third-order valence-electron chi connectivity index (χ3n) is 2.81. The molecular weight excluding hydrogens is 244 g/mol. The van der Waals surface area contributed by atoms with E-state index in [0.717, 1.165) is 19.4 Å². The Morgan fingerprint density at radius 1 is 1.00 bits per heavy atom. The summed E-state index contributed by atoms with van der Waals surface area (Å²) < 4.78 is 4.89. The van der Waals surface area contributed by atoms with Gasteiger partial charge in [0.25, 0.3) is 0 Å². The number of hydrogen-bond donors (Lipinski definition) is 0. The molecule has 0 aliphatic carbocycles. The average molecular weight is 272 g/mol. The molecule has 0 saturated heterocycles. The summed E-state index contributed by atoms with van der Waals surface area (Å²) in [6.45, 7) is 6.16. The summed E-state index contributed by atoms with van der Waals surface area (Å²) in [6, 6.07) is 0. The Labute approximate surface area is 116 Å². The zero-order valence-corrected chi connectivity index (χ0v) is 12.8. The zero-order chi connectivity index (χ0) is 14.7. The number of carbonyl (C=O) groups excluding carboxylic acids is 2. The minimum absolute atomic E-state index is 0.132. The first-order chi connectivity index (χ1) is 9.01. The maximum atomic E-state index is 12.0. The number of hydrogen-bond acceptors (Lipinski definition) is 4. The van der Waals surface area contributed by atoms with Gasteiger partial charge in [0.1, 0.15) is 0 Å². The van der Waals surface area contributed by atoms with Crippen LogP contribution in [0.2, 0.25) is 0 Å². The van der Waals surface area contributed by atoms with Crippen LogP contribution in [0.25, 0.3) is 0 Å². The fourth-order valence-electron chi connectivity index (χ4n) is 1.63. The molecule has 0 aromatic carbocycles. The standard InChI is InChI=1S/C14H28N2O3/c1-5-7-8-13(17)16(12-11-15(3)4)10-9-14(18)19-6-2/h5-12H2,1-4H3. The summed E-state index contributed by atoms with van der Waals surface area (Å²) in [5.74, 6) is -0.103. The summed E-state index contributed by atoms with van der Waals surface area (Å²) in [5, 5.41) is 0. The van der Waals surface area contributed by atoms with E-state index in [-0.39, 0.29) is 18.3 Å². The highest BCUT2D eigenvalue weighted by Gasteiger charge is 2.15. The van der Waals surface area contributed by atoms with Gasteiger partial charge in [0.15, 0.2) is 0 Å². The van der Waals surface area contributed by atoms with Crippen molar-refractivity contribution in [3.8, 4) is 0 Å². The van der Waals surface area contributed by atoms with Crippen LogP contribution < -0.4 is 0 Å². The molecule has 0 aliphatic rings. The highest BCUT2D eigenvalue weighted by Crippen LogP contribution is 2.03. The van der Waals surface area contributed by atoms with Crippen LogP contribution in [0.5, 0.6) is 0 Å². The summed E-state index contributed by atoms with van der Waals surface area (Å²) in [6.07, 6.45) is 2.74. The maximum absolute atomic E-state index is 12.0. The first-order valence-electron chi connectivity index (χ1n) is 7.09. The number of amides is 1. The van der Waals surface area contributed by atoms with E-state index in [0.29, 0.717) is 26.1 Å². The molecule has 1 amide bonds. The van der Waals surface area contributed by atoms with E-state index >= 15 is 0 Å². The van der Waals surface area contributed by atoms with Crippen molar-refractivity contribution >= 4 is 11.9 Å². The quantitative estimate of drug-likeness (QED) is 0.566. The minimum Gasteiger partial charge on any atom is -0.466 e. The molecule has 0 spiro atoms. The lowest BCUT2D eigenvalue weighted by Gasteiger charge is -2.24. The second-order valence-corrected chi connectivity index (χ2v) is 4.84. The van der Waals surface area contributed by atoms with E-state index < -0.39 is 0 Å². The van der Waals surface area contributed by atoms with Gasteiger partial charge < -0.3 is 14.5 Å². The molecule has 0 heterocycles. The molecule has 5 nitrogen and oxygen atoms in total. The van der Waals surface area contributed by atoms with Crippen LogP contribution in [0.4, 0.5) is 0 Å². The monoisotopic (exact) mass is 272 g/mol. The smallest absolute Gasteiger partial charge is 0.307 e. The first-order valence-corrected chi connectivity index (χ1v) is 7.09. The second kappa shape index (κ2) is 10.8. The number of rotatable bonds is 10. The van der Waals surface area contributed by atoms with Crippen LogP contribution in [0.1, 0.15) is 39.5 Å². The number of carbonyl (C=O) groups is 2. The lowest BCUT2D eigenvalue weighted by molar-refractivity contribution is -0.144. The average Bonchev–Trinajstić information content (AvgIpc) is 2.36. The molecule has 0 aromatic heterocycles. The van der Waals surface area contributed by atoms with Gasteiger partial charge in [0, 0.05) is 26.1 Å². The molecule has 19 heavy (non-hydrogen) atoms. The lowest BCUT2D eigenvalue weighted by atomic mass is 10.2. The van der Waals surface area contributed by atoms with Crippen LogP contribution in [-0.4, -0.2) is 62.0 Å². The normalized spacial score (nSPS) is 10.6. The van der Waals surface area contributed by atoms with Crippen molar-refractivity contribution in [3.05, 3.63) is 0 Å². The van der Waals surface area contributed by atoms with Gasteiger partial charge >= 0.3 is 5.97 Å². The molecule has 0 rings (SSSR count). The van der Waals surface area contributed by atoms with E-state index in [1.54, 1.807) is 11.8 Å². The van der Waals surface area contributed by atoms with E-state index in [1.165, 1.54) is 0 Å². The Bertz CT molecular complexity index is 267. The largest absolute Gasteiger partial charge is 0.466 e. The van der Waals surface area contributed by atoms with Gasteiger partial charge in [0.2, 0.25) is 5.91 Å². The predicted octanol–water partition coefficient (Wildman–Crippen LogP) is 1.52. The highest BCUT2D eigenvalue weighted by atomic mass is 16.5. The highest BCUT2D eigenvalue weighted by molar-refractivity contribution is 5.77. The zero-order valence-electron chi connectivity index (χ0n) is 12.8. The molecule has 0 aliphatic heterocycles. The Hall–Kier alpha value is -1.10. The van der Waals surface area contributed by atoms with Gasteiger partial charge in [-0.15, -0.1) is 0 Å². The van der Waals surface area contributed by atoms with Gasteiger partial charge in [-0.3, -0.25) is 9.59 Å². The van der Waals surface area contributed by atoms with Gasteiger partial charge in [0.05, 0.1) is 13.0 Å². The molecule has 0 atom stereocenters. The van der Waals surface area contributed by atoms with Crippen molar-refractivity contribution in [2.45, 2.75) is 39.5 Å². The van der Waals surface area contributed by atoms with Crippen LogP contribution in [0, 0.1) is 0 Å². The maximum Gasteiger partial charge on any atom is 0.307 e. The molecule has 0 aromatic rings. The molecule has 0 fully saturated rings. The number of unbranched alkanes of at least 4 members (excludes halogenated alkanes) is 1. The number of esters is 1. The van der Waals surface area contributed by atoms with Crippen LogP contribution >= 0.6 is 0 Å². The van der Waals surface area contributed by atoms with Crippen molar-refractivity contribution in [1.82, 2.24) is 9.80 Å². The molecule has 0 N–H and O–H groups in total. The second-order valence-electron chi connectivity index (χ2n) is 4.84. The third kappa shape index (κ3) is 9.47. The Kier molecular flexibility index (Phi) is 10.2. The summed E-state index contributed by atoms with van der Waals surface area (Å²) in [5.41, 5.74) is 0. The third-order valence-corrected chi connectivity index (χ3v) is 2.81. The van der Waals surface area contributed by atoms with E-state index in [1.807, 2.05) is 19.0 Å². The Morgan fingerprint density at radius 3 is 2.21 bits per heavy atom. The molecule has 0 saturated carbocycles. The van der Waals surface area contributed by atoms with E-state index in [2.05, 4.69) is 6.92 Å². The van der Waals surface area contributed by atoms with Gasteiger partial charge in [-0.05, 0) is 27.4 Å². The SMILES string of the molecule is CCCCC(=O)N(CCC(=O)OCC)CCN(C)C. The van der Waals surface area contributed by atoms with Crippen LogP contribution in [0.3, 0.4) is 0 Å². The van der Waals surface area contributed by atoms with Crippen LogP contribution in [0.15, 0.2) is 0 Å².